The van der Waals surface area contributed by atoms with Gasteiger partial charge in [0.05, 0.1) is 18.4 Å². The third kappa shape index (κ3) is 1.92. The molecule has 0 bridgehead atoms. The van der Waals surface area contributed by atoms with Crippen LogP contribution in [0.25, 0.3) is 11.0 Å². The van der Waals surface area contributed by atoms with Gasteiger partial charge in [-0.2, -0.15) is 5.10 Å². The van der Waals surface area contributed by atoms with Crippen LogP contribution in [-0.4, -0.2) is 29.8 Å². The molecule has 3 aromatic rings. The van der Waals surface area contributed by atoms with E-state index in [0.29, 0.717) is 22.4 Å². The van der Waals surface area contributed by atoms with Crippen LogP contribution in [-0.2, 0) is 13.6 Å². The fourth-order valence-corrected chi connectivity index (χ4v) is 1.82. The summed E-state index contributed by atoms with van der Waals surface area (Å²) in [7, 11) is 1.71. The summed E-state index contributed by atoms with van der Waals surface area (Å²) in [6.45, 7) is 0.224. The topological polar surface area (TPSA) is 105 Å². The third-order valence-corrected chi connectivity index (χ3v) is 2.77. The fraction of sp³-hybridized carbons (Fsp3) is 0.182. The number of anilines is 1. The molecule has 3 rings (SSSR count). The molecular weight excluding hydrogens is 246 g/mol. The second-order valence-corrected chi connectivity index (χ2v) is 4.14. The van der Waals surface area contributed by atoms with Gasteiger partial charge >= 0.3 is 0 Å². The molecule has 0 aliphatic rings. The van der Waals surface area contributed by atoms with Gasteiger partial charge in [0.25, 0.3) is 5.56 Å². The van der Waals surface area contributed by atoms with Gasteiger partial charge < -0.3 is 5.73 Å². The Bertz CT molecular complexity index is 804. The van der Waals surface area contributed by atoms with Crippen molar-refractivity contribution >= 4 is 16.7 Å². The van der Waals surface area contributed by atoms with Crippen LogP contribution in [0.5, 0.6) is 0 Å². The molecule has 3 heterocycles. The Hall–Kier alpha value is -2.77. The van der Waals surface area contributed by atoms with Gasteiger partial charge in [-0.3, -0.25) is 9.78 Å². The van der Waals surface area contributed by atoms with Crippen molar-refractivity contribution in [2.45, 2.75) is 6.54 Å². The quantitative estimate of drug-likeness (QED) is 0.666. The average molecular weight is 257 g/mol. The van der Waals surface area contributed by atoms with Crippen molar-refractivity contribution in [1.82, 2.24) is 29.8 Å². The Balaban J connectivity index is 2.06. The zero-order chi connectivity index (χ0) is 13.4. The summed E-state index contributed by atoms with van der Waals surface area (Å²) in [5, 5.41) is 12.3. The highest BCUT2D eigenvalue weighted by atomic mass is 16.1. The zero-order valence-electron chi connectivity index (χ0n) is 10.2. The number of nitrogen functional groups attached to an aromatic ring is 1. The van der Waals surface area contributed by atoms with E-state index < -0.39 is 0 Å². The molecule has 19 heavy (non-hydrogen) atoms. The van der Waals surface area contributed by atoms with E-state index in [2.05, 4.69) is 20.4 Å². The number of aromatic nitrogens is 6. The minimum absolute atomic E-state index is 0.224. The van der Waals surface area contributed by atoms with Crippen molar-refractivity contribution in [2.75, 3.05) is 5.73 Å². The molecule has 0 atom stereocenters. The Morgan fingerprint density at radius 1 is 1.42 bits per heavy atom. The van der Waals surface area contributed by atoms with Gasteiger partial charge in [0.1, 0.15) is 5.39 Å². The van der Waals surface area contributed by atoms with Gasteiger partial charge in [0.2, 0.25) is 0 Å². The molecular formula is C11H11N7O. The lowest BCUT2D eigenvalue weighted by atomic mass is 10.3. The van der Waals surface area contributed by atoms with Gasteiger partial charge in [-0.1, -0.05) is 5.21 Å². The standard InChI is InChI=1S/C11H11N7O/c1-17-10-9(5-14-17)11(19)18(16-15-10)6-8-4-7(12)2-3-13-8/h2-5H,6H2,1H3,(H2,12,13). The Labute approximate surface area is 107 Å². The highest BCUT2D eigenvalue weighted by molar-refractivity contribution is 5.72. The number of aryl methyl sites for hydroxylation is 1. The second kappa shape index (κ2) is 4.16. The van der Waals surface area contributed by atoms with Crippen molar-refractivity contribution in [1.29, 1.82) is 0 Å². The summed E-state index contributed by atoms with van der Waals surface area (Å²) < 4.78 is 2.75. The number of hydrogen-bond acceptors (Lipinski definition) is 6. The molecule has 8 heteroatoms. The molecule has 0 fully saturated rings. The Morgan fingerprint density at radius 2 is 2.26 bits per heavy atom. The fourth-order valence-electron chi connectivity index (χ4n) is 1.82. The van der Waals surface area contributed by atoms with Crippen molar-refractivity contribution in [2.24, 2.45) is 7.05 Å². The summed E-state index contributed by atoms with van der Waals surface area (Å²) in [5.41, 5.74) is 7.12. The Morgan fingerprint density at radius 3 is 3.05 bits per heavy atom. The summed E-state index contributed by atoms with van der Waals surface area (Å²) in [5.74, 6) is 0. The first-order valence-corrected chi connectivity index (χ1v) is 5.61. The maximum absolute atomic E-state index is 12.2. The summed E-state index contributed by atoms with van der Waals surface area (Å²) >= 11 is 0. The minimum atomic E-state index is -0.248. The molecule has 0 aromatic carbocycles. The predicted octanol–water partition coefficient (Wildman–Crippen LogP) is -0.450. The van der Waals surface area contributed by atoms with Gasteiger partial charge in [0, 0.05) is 18.9 Å². The van der Waals surface area contributed by atoms with Crippen LogP contribution in [0.15, 0.2) is 29.3 Å². The molecule has 0 aliphatic carbocycles. The van der Waals surface area contributed by atoms with Crippen LogP contribution in [0.2, 0.25) is 0 Å². The number of nitrogens with two attached hydrogens (primary N) is 1. The molecule has 0 saturated heterocycles. The molecule has 0 amide bonds. The average Bonchev–Trinajstić information content (AvgIpc) is 2.76. The van der Waals surface area contributed by atoms with Crippen LogP contribution in [0, 0.1) is 0 Å². The van der Waals surface area contributed by atoms with Crippen LogP contribution >= 0.6 is 0 Å². The number of hydrogen-bond donors (Lipinski definition) is 1. The molecule has 96 valence electrons. The molecule has 0 saturated carbocycles. The van der Waals surface area contributed by atoms with Crippen molar-refractivity contribution < 1.29 is 0 Å². The largest absolute Gasteiger partial charge is 0.399 e. The second-order valence-electron chi connectivity index (χ2n) is 4.14. The highest BCUT2D eigenvalue weighted by Crippen LogP contribution is 2.05. The van der Waals surface area contributed by atoms with Crippen LogP contribution in [0.4, 0.5) is 5.69 Å². The molecule has 3 aromatic heterocycles. The zero-order valence-corrected chi connectivity index (χ0v) is 10.2. The maximum Gasteiger partial charge on any atom is 0.281 e. The number of pyridine rings is 1. The van der Waals surface area contributed by atoms with Crippen molar-refractivity contribution in [3.8, 4) is 0 Å². The van der Waals surface area contributed by atoms with Crippen LogP contribution < -0.4 is 11.3 Å². The van der Waals surface area contributed by atoms with E-state index in [1.165, 1.54) is 15.6 Å². The summed E-state index contributed by atoms with van der Waals surface area (Å²) in [6.07, 6.45) is 3.07. The van der Waals surface area contributed by atoms with E-state index in [0.717, 1.165) is 0 Å². The number of rotatable bonds is 2. The number of fused-ring (bicyclic) bond motifs is 1. The highest BCUT2D eigenvalue weighted by Gasteiger charge is 2.10. The lowest BCUT2D eigenvalue weighted by Gasteiger charge is -2.03. The monoisotopic (exact) mass is 257 g/mol. The first-order valence-electron chi connectivity index (χ1n) is 5.61. The third-order valence-electron chi connectivity index (χ3n) is 2.77. The molecule has 0 unspecified atom stereocenters. The molecule has 2 N–H and O–H groups in total. The maximum atomic E-state index is 12.2. The summed E-state index contributed by atoms with van der Waals surface area (Å²) in [4.78, 5) is 16.3. The van der Waals surface area contributed by atoms with Crippen LogP contribution in [0.1, 0.15) is 5.69 Å². The van der Waals surface area contributed by atoms with E-state index >= 15 is 0 Å². The van der Waals surface area contributed by atoms with Gasteiger partial charge in [0.15, 0.2) is 5.65 Å². The van der Waals surface area contributed by atoms with Gasteiger partial charge in [-0.25, -0.2) is 9.36 Å². The number of nitrogens with zero attached hydrogens (tertiary/aromatic N) is 6. The predicted molar refractivity (Wildman–Crippen MR) is 68.3 cm³/mol. The lowest BCUT2D eigenvalue weighted by molar-refractivity contribution is 0.587. The lowest BCUT2D eigenvalue weighted by Crippen LogP contribution is -2.25. The van der Waals surface area contributed by atoms with E-state index in [-0.39, 0.29) is 12.1 Å². The first-order chi connectivity index (χ1) is 9.15. The van der Waals surface area contributed by atoms with E-state index in [1.54, 1.807) is 25.4 Å². The molecule has 0 radical (unpaired) electrons. The van der Waals surface area contributed by atoms with Gasteiger partial charge in [-0.15, -0.1) is 5.10 Å². The molecule has 0 spiro atoms. The Kier molecular flexibility index (Phi) is 2.48. The SMILES string of the molecule is Cn1ncc2c(=O)n(Cc3cc(N)ccn3)nnc21. The molecule has 8 nitrogen and oxygen atoms in total. The summed E-state index contributed by atoms with van der Waals surface area (Å²) in [6, 6.07) is 3.38. The normalized spacial score (nSPS) is 11.0. The van der Waals surface area contributed by atoms with E-state index in [4.69, 9.17) is 5.73 Å². The van der Waals surface area contributed by atoms with E-state index in [1.807, 2.05) is 0 Å². The first kappa shape index (κ1) is 11.3. The van der Waals surface area contributed by atoms with Crippen molar-refractivity contribution in [3.63, 3.8) is 0 Å². The smallest absolute Gasteiger partial charge is 0.281 e. The van der Waals surface area contributed by atoms with Crippen molar-refractivity contribution in [3.05, 3.63) is 40.6 Å². The van der Waals surface area contributed by atoms with Crippen LogP contribution in [0.3, 0.4) is 0 Å². The molecule has 0 aliphatic heterocycles. The van der Waals surface area contributed by atoms with E-state index in [9.17, 15) is 4.79 Å². The minimum Gasteiger partial charge on any atom is -0.399 e. The van der Waals surface area contributed by atoms with Gasteiger partial charge in [-0.05, 0) is 12.1 Å².